The SMILES string of the molecule is C[C@H](N)c1ccccc1Oc1ccc(Cl)c(Cl)c1. The Morgan fingerprint density at radius 1 is 1.06 bits per heavy atom. The molecule has 2 aromatic rings. The molecule has 0 radical (unpaired) electrons. The fourth-order valence-electron chi connectivity index (χ4n) is 1.62. The fraction of sp³-hybridized carbons (Fsp3) is 0.143. The molecule has 0 aliphatic heterocycles. The monoisotopic (exact) mass is 281 g/mol. The van der Waals surface area contributed by atoms with Crippen LogP contribution in [0.15, 0.2) is 42.5 Å². The summed E-state index contributed by atoms with van der Waals surface area (Å²) in [5.74, 6) is 1.36. The molecule has 0 aliphatic carbocycles. The van der Waals surface area contributed by atoms with Gasteiger partial charge in [-0.1, -0.05) is 41.4 Å². The average Bonchev–Trinajstić information content (AvgIpc) is 2.34. The largest absolute Gasteiger partial charge is 0.457 e. The molecule has 0 saturated carbocycles. The molecule has 94 valence electrons. The van der Waals surface area contributed by atoms with Crippen LogP contribution < -0.4 is 10.5 Å². The molecule has 18 heavy (non-hydrogen) atoms. The zero-order chi connectivity index (χ0) is 13.1. The highest BCUT2D eigenvalue weighted by molar-refractivity contribution is 6.42. The van der Waals surface area contributed by atoms with E-state index in [1.54, 1.807) is 18.2 Å². The number of nitrogens with two attached hydrogens (primary N) is 1. The number of benzene rings is 2. The van der Waals surface area contributed by atoms with Gasteiger partial charge >= 0.3 is 0 Å². The number of para-hydroxylation sites is 1. The third-order valence-corrected chi connectivity index (χ3v) is 3.27. The van der Waals surface area contributed by atoms with Crippen LogP contribution in [0.2, 0.25) is 10.0 Å². The molecule has 0 amide bonds. The molecule has 0 fully saturated rings. The van der Waals surface area contributed by atoms with Crippen LogP contribution in [0.4, 0.5) is 0 Å². The van der Waals surface area contributed by atoms with E-state index >= 15 is 0 Å². The maximum atomic E-state index is 5.95. The molecule has 2 aromatic carbocycles. The van der Waals surface area contributed by atoms with E-state index in [9.17, 15) is 0 Å². The van der Waals surface area contributed by atoms with Crippen LogP contribution >= 0.6 is 23.2 Å². The number of hydrogen-bond donors (Lipinski definition) is 1. The molecule has 0 heterocycles. The van der Waals surface area contributed by atoms with Crippen LogP contribution in [0.5, 0.6) is 11.5 Å². The minimum absolute atomic E-state index is 0.0935. The summed E-state index contributed by atoms with van der Waals surface area (Å²) in [6.45, 7) is 1.91. The summed E-state index contributed by atoms with van der Waals surface area (Å²) in [4.78, 5) is 0. The lowest BCUT2D eigenvalue weighted by atomic mass is 10.1. The van der Waals surface area contributed by atoms with Gasteiger partial charge in [0.25, 0.3) is 0 Å². The van der Waals surface area contributed by atoms with E-state index in [1.165, 1.54) is 0 Å². The molecule has 0 saturated heterocycles. The third kappa shape index (κ3) is 2.96. The normalized spacial score (nSPS) is 12.2. The summed E-state index contributed by atoms with van der Waals surface area (Å²) in [7, 11) is 0. The second kappa shape index (κ2) is 5.61. The summed E-state index contributed by atoms with van der Waals surface area (Å²) < 4.78 is 5.78. The lowest BCUT2D eigenvalue weighted by Crippen LogP contribution is -2.06. The summed E-state index contributed by atoms with van der Waals surface area (Å²) in [6.07, 6.45) is 0. The van der Waals surface area contributed by atoms with Gasteiger partial charge in [-0.05, 0) is 25.1 Å². The first-order chi connectivity index (χ1) is 8.58. The van der Waals surface area contributed by atoms with Crippen LogP contribution in [0.1, 0.15) is 18.5 Å². The lowest BCUT2D eigenvalue weighted by molar-refractivity contribution is 0.472. The van der Waals surface area contributed by atoms with Crippen molar-refractivity contribution in [1.82, 2.24) is 0 Å². The quantitative estimate of drug-likeness (QED) is 0.877. The third-order valence-electron chi connectivity index (χ3n) is 2.53. The van der Waals surface area contributed by atoms with Crippen molar-refractivity contribution in [2.75, 3.05) is 0 Å². The van der Waals surface area contributed by atoms with E-state index in [0.29, 0.717) is 15.8 Å². The first-order valence-electron chi connectivity index (χ1n) is 5.55. The minimum atomic E-state index is -0.0935. The standard InChI is InChI=1S/C14H13Cl2NO/c1-9(17)11-4-2-3-5-14(11)18-10-6-7-12(15)13(16)8-10/h2-9H,17H2,1H3/t9-/m0/s1. The maximum Gasteiger partial charge on any atom is 0.132 e. The Labute approximate surface area is 116 Å². The van der Waals surface area contributed by atoms with Crippen molar-refractivity contribution in [3.05, 3.63) is 58.1 Å². The van der Waals surface area contributed by atoms with Crippen LogP contribution in [-0.4, -0.2) is 0 Å². The zero-order valence-corrected chi connectivity index (χ0v) is 11.4. The Hall–Kier alpha value is -1.22. The van der Waals surface area contributed by atoms with E-state index < -0.39 is 0 Å². The Morgan fingerprint density at radius 3 is 2.44 bits per heavy atom. The Morgan fingerprint density at radius 2 is 1.78 bits per heavy atom. The van der Waals surface area contributed by atoms with Crippen molar-refractivity contribution in [1.29, 1.82) is 0 Å². The molecule has 2 nitrogen and oxygen atoms in total. The summed E-state index contributed by atoms with van der Waals surface area (Å²) in [5.41, 5.74) is 6.84. The van der Waals surface area contributed by atoms with Crippen molar-refractivity contribution in [2.45, 2.75) is 13.0 Å². The molecule has 1 atom stereocenters. The molecular weight excluding hydrogens is 269 g/mol. The van der Waals surface area contributed by atoms with Crippen LogP contribution in [0, 0.1) is 0 Å². The summed E-state index contributed by atoms with van der Waals surface area (Å²) in [5, 5.41) is 0.969. The van der Waals surface area contributed by atoms with E-state index in [-0.39, 0.29) is 6.04 Å². The number of ether oxygens (including phenoxy) is 1. The van der Waals surface area contributed by atoms with Crippen molar-refractivity contribution in [3.63, 3.8) is 0 Å². The van der Waals surface area contributed by atoms with Gasteiger partial charge in [-0.3, -0.25) is 0 Å². The first-order valence-corrected chi connectivity index (χ1v) is 6.31. The van der Waals surface area contributed by atoms with Gasteiger partial charge in [0.1, 0.15) is 11.5 Å². The smallest absolute Gasteiger partial charge is 0.132 e. The van der Waals surface area contributed by atoms with Gasteiger partial charge in [0.15, 0.2) is 0 Å². The van der Waals surface area contributed by atoms with Crippen LogP contribution in [0.25, 0.3) is 0 Å². The highest BCUT2D eigenvalue weighted by atomic mass is 35.5. The Balaban J connectivity index is 2.31. The van der Waals surface area contributed by atoms with Crippen LogP contribution in [-0.2, 0) is 0 Å². The van der Waals surface area contributed by atoms with Crippen molar-refractivity contribution < 1.29 is 4.74 Å². The Bertz CT molecular complexity index is 555. The lowest BCUT2D eigenvalue weighted by Gasteiger charge is -2.13. The number of hydrogen-bond acceptors (Lipinski definition) is 2. The topological polar surface area (TPSA) is 35.2 Å². The number of halogens is 2. The maximum absolute atomic E-state index is 5.95. The average molecular weight is 282 g/mol. The molecule has 4 heteroatoms. The van der Waals surface area contributed by atoms with Crippen molar-refractivity contribution in [3.8, 4) is 11.5 Å². The van der Waals surface area contributed by atoms with Gasteiger partial charge in [-0.2, -0.15) is 0 Å². The van der Waals surface area contributed by atoms with Gasteiger partial charge in [0.2, 0.25) is 0 Å². The number of rotatable bonds is 3. The fourth-order valence-corrected chi connectivity index (χ4v) is 1.91. The molecule has 2 rings (SSSR count). The van der Waals surface area contributed by atoms with E-state index in [2.05, 4.69) is 0 Å². The van der Waals surface area contributed by atoms with Gasteiger partial charge in [-0.15, -0.1) is 0 Å². The first kappa shape index (κ1) is 13.2. The Kier molecular flexibility index (Phi) is 4.12. The molecule has 0 spiro atoms. The molecular formula is C14H13Cl2NO. The van der Waals surface area contributed by atoms with E-state index in [0.717, 1.165) is 11.3 Å². The van der Waals surface area contributed by atoms with Gasteiger partial charge in [0, 0.05) is 17.7 Å². The predicted octanol–water partition coefficient (Wildman–Crippen LogP) is 4.81. The molecule has 2 N–H and O–H groups in total. The van der Waals surface area contributed by atoms with Gasteiger partial charge in [0.05, 0.1) is 10.0 Å². The highest BCUT2D eigenvalue weighted by Crippen LogP contribution is 2.32. The molecule has 0 aliphatic rings. The summed E-state index contributed by atoms with van der Waals surface area (Å²) >= 11 is 11.8. The van der Waals surface area contributed by atoms with Crippen molar-refractivity contribution >= 4 is 23.2 Å². The highest BCUT2D eigenvalue weighted by Gasteiger charge is 2.08. The van der Waals surface area contributed by atoms with E-state index in [4.69, 9.17) is 33.7 Å². The molecule has 0 unspecified atom stereocenters. The van der Waals surface area contributed by atoms with Crippen molar-refractivity contribution in [2.24, 2.45) is 5.73 Å². The predicted molar refractivity (Wildman–Crippen MR) is 75.6 cm³/mol. The van der Waals surface area contributed by atoms with Gasteiger partial charge < -0.3 is 10.5 Å². The molecule has 0 bridgehead atoms. The minimum Gasteiger partial charge on any atom is -0.457 e. The summed E-state index contributed by atoms with van der Waals surface area (Å²) in [6, 6.07) is 12.7. The van der Waals surface area contributed by atoms with Gasteiger partial charge in [-0.25, -0.2) is 0 Å². The zero-order valence-electron chi connectivity index (χ0n) is 9.86. The molecule has 0 aromatic heterocycles. The van der Waals surface area contributed by atoms with Crippen LogP contribution in [0.3, 0.4) is 0 Å². The second-order valence-corrected chi connectivity index (χ2v) is 4.82. The van der Waals surface area contributed by atoms with E-state index in [1.807, 2.05) is 31.2 Å². The second-order valence-electron chi connectivity index (χ2n) is 4.00.